The Bertz CT molecular complexity index is 1230. The highest BCUT2D eigenvalue weighted by molar-refractivity contribution is 9.10. The first-order valence-corrected chi connectivity index (χ1v) is 11.0. The summed E-state index contributed by atoms with van der Waals surface area (Å²) in [5, 5.41) is 8.50. The number of esters is 1. The van der Waals surface area contributed by atoms with Crippen molar-refractivity contribution >= 4 is 33.5 Å². The topological polar surface area (TPSA) is 94.8 Å². The number of carbonyl (C=O) groups excluding carboxylic acids is 2. The summed E-state index contributed by atoms with van der Waals surface area (Å²) in [6.45, 7) is 7.40. The van der Waals surface area contributed by atoms with Crippen molar-refractivity contribution in [2.45, 2.75) is 34.2 Å². The van der Waals surface area contributed by atoms with Gasteiger partial charge in [0, 0.05) is 5.56 Å². The van der Waals surface area contributed by atoms with E-state index in [-0.39, 0.29) is 12.5 Å². The summed E-state index contributed by atoms with van der Waals surface area (Å²) in [7, 11) is 1.49. The number of benzene rings is 2. The van der Waals surface area contributed by atoms with Gasteiger partial charge in [-0.15, -0.1) is 0 Å². The van der Waals surface area contributed by atoms with Crippen molar-refractivity contribution in [1.82, 2.24) is 15.2 Å². The van der Waals surface area contributed by atoms with Crippen LogP contribution in [0.5, 0.6) is 11.5 Å². The molecule has 1 amide bonds. The van der Waals surface area contributed by atoms with Crippen LogP contribution in [0.2, 0.25) is 0 Å². The Kier molecular flexibility index (Phi) is 7.65. The highest BCUT2D eigenvalue weighted by atomic mass is 79.9. The third-order valence-electron chi connectivity index (χ3n) is 5.08. The Labute approximate surface area is 200 Å². The average Bonchev–Trinajstić information content (AvgIpc) is 3.04. The fourth-order valence-corrected chi connectivity index (χ4v) is 3.43. The Morgan fingerprint density at radius 3 is 2.48 bits per heavy atom. The van der Waals surface area contributed by atoms with E-state index in [1.807, 2.05) is 32.9 Å². The quantitative estimate of drug-likeness (QED) is 0.220. The average molecular weight is 513 g/mol. The van der Waals surface area contributed by atoms with Crippen LogP contribution in [-0.4, -0.2) is 34.5 Å². The SMILES string of the molecule is COc1cc(C(C)=NNC(=O)Cn2nc(C)c(Br)c2C)ccc1OC(=O)c1ccccc1C. The molecule has 0 bridgehead atoms. The molecule has 0 aliphatic carbocycles. The van der Waals surface area contributed by atoms with Crippen molar-refractivity contribution in [3.8, 4) is 11.5 Å². The second kappa shape index (κ2) is 10.4. The molecule has 33 heavy (non-hydrogen) atoms. The van der Waals surface area contributed by atoms with Gasteiger partial charge in [0.25, 0.3) is 5.91 Å². The van der Waals surface area contributed by atoms with Gasteiger partial charge in [-0.1, -0.05) is 18.2 Å². The van der Waals surface area contributed by atoms with Crippen molar-refractivity contribution in [2.24, 2.45) is 5.10 Å². The number of halogens is 1. The number of nitrogens with zero attached hydrogens (tertiary/aromatic N) is 3. The monoisotopic (exact) mass is 512 g/mol. The minimum Gasteiger partial charge on any atom is -0.493 e. The van der Waals surface area contributed by atoms with Crippen LogP contribution in [0, 0.1) is 20.8 Å². The molecule has 0 radical (unpaired) electrons. The van der Waals surface area contributed by atoms with E-state index >= 15 is 0 Å². The zero-order valence-electron chi connectivity index (χ0n) is 19.1. The van der Waals surface area contributed by atoms with Crippen LogP contribution in [0.15, 0.2) is 52.0 Å². The molecule has 0 saturated heterocycles. The second-order valence-electron chi connectivity index (χ2n) is 7.44. The predicted octanol–water partition coefficient (Wildman–Crippen LogP) is 4.34. The van der Waals surface area contributed by atoms with Gasteiger partial charge in [-0.2, -0.15) is 10.2 Å². The molecule has 0 unspecified atom stereocenters. The number of hydrogen-bond donors (Lipinski definition) is 1. The zero-order valence-corrected chi connectivity index (χ0v) is 20.7. The molecule has 0 saturated carbocycles. The molecule has 0 atom stereocenters. The number of aryl methyl sites for hydroxylation is 2. The molecule has 0 aliphatic heterocycles. The fourth-order valence-electron chi connectivity index (χ4n) is 3.14. The Morgan fingerprint density at radius 2 is 1.85 bits per heavy atom. The number of methoxy groups -OCH3 is 1. The highest BCUT2D eigenvalue weighted by Gasteiger charge is 2.16. The standard InChI is InChI=1S/C24H25BrN4O4/c1-14-8-6-7-9-19(14)24(31)33-20-11-10-18(12-21(20)32-5)15(2)26-27-22(30)13-29-17(4)23(25)16(3)28-29/h6-12H,13H2,1-5H3,(H,27,30). The first-order valence-electron chi connectivity index (χ1n) is 10.2. The Balaban J connectivity index is 1.70. The lowest BCUT2D eigenvalue weighted by atomic mass is 10.1. The molecule has 8 nitrogen and oxygen atoms in total. The number of amides is 1. The van der Waals surface area contributed by atoms with Gasteiger partial charge < -0.3 is 9.47 Å². The van der Waals surface area contributed by atoms with Crippen molar-refractivity contribution in [1.29, 1.82) is 0 Å². The van der Waals surface area contributed by atoms with Gasteiger partial charge in [0.1, 0.15) is 6.54 Å². The van der Waals surface area contributed by atoms with Crippen molar-refractivity contribution in [3.63, 3.8) is 0 Å². The molecule has 3 rings (SSSR count). The Hall–Kier alpha value is -3.46. The largest absolute Gasteiger partial charge is 0.493 e. The van der Waals surface area contributed by atoms with Gasteiger partial charge in [-0.05, 0) is 73.5 Å². The normalized spacial score (nSPS) is 11.3. The van der Waals surface area contributed by atoms with Crippen LogP contribution in [0.4, 0.5) is 0 Å². The maximum Gasteiger partial charge on any atom is 0.343 e. The third-order valence-corrected chi connectivity index (χ3v) is 6.23. The van der Waals surface area contributed by atoms with Crippen LogP contribution in [-0.2, 0) is 11.3 Å². The molecule has 1 N–H and O–H groups in total. The summed E-state index contributed by atoms with van der Waals surface area (Å²) in [5.74, 6) is -0.0972. The van der Waals surface area contributed by atoms with Crippen molar-refractivity contribution in [3.05, 3.63) is 75.0 Å². The number of ether oxygens (including phenoxy) is 2. The van der Waals surface area contributed by atoms with Crippen LogP contribution in [0.25, 0.3) is 0 Å². The minimum absolute atomic E-state index is 0.0478. The first kappa shape index (κ1) is 24.2. The second-order valence-corrected chi connectivity index (χ2v) is 8.24. The zero-order chi connectivity index (χ0) is 24.1. The van der Waals surface area contributed by atoms with Crippen LogP contribution >= 0.6 is 15.9 Å². The molecule has 1 heterocycles. The van der Waals surface area contributed by atoms with E-state index in [4.69, 9.17) is 9.47 Å². The van der Waals surface area contributed by atoms with Gasteiger partial charge in [0.2, 0.25) is 0 Å². The molecule has 0 spiro atoms. The number of hydrogen-bond acceptors (Lipinski definition) is 6. The maximum absolute atomic E-state index is 12.5. The molecule has 3 aromatic rings. The minimum atomic E-state index is -0.465. The summed E-state index contributed by atoms with van der Waals surface area (Å²) < 4.78 is 13.4. The maximum atomic E-state index is 12.5. The van der Waals surface area contributed by atoms with E-state index in [1.54, 1.807) is 41.9 Å². The summed E-state index contributed by atoms with van der Waals surface area (Å²) in [6, 6.07) is 12.3. The highest BCUT2D eigenvalue weighted by Crippen LogP contribution is 2.29. The summed E-state index contributed by atoms with van der Waals surface area (Å²) in [6.07, 6.45) is 0. The van der Waals surface area contributed by atoms with Gasteiger partial charge in [-0.3, -0.25) is 9.48 Å². The molecular formula is C24H25BrN4O4. The van der Waals surface area contributed by atoms with E-state index < -0.39 is 5.97 Å². The third kappa shape index (κ3) is 5.67. The fraction of sp³-hybridized carbons (Fsp3) is 0.250. The number of aromatic nitrogens is 2. The van der Waals surface area contributed by atoms with Gasteiger partial charge in [-0.25, -0.2) is 10.2 Å². The van der Waals surface area contributed by atoms with E-state index in [2.05, 4.69) is 31.6 Å². The number of rotatable bonds is 7. The van der Waals surface area contributed by atoms with Gasteiger partial charge in [0.05, 0.1) is 34.2 Å². The number of hydrazone groups is 1. The lowest BCUT2D eigenvalue weighted by Gasteiger charge is -2.12. The molecule has 0 fully saturated rings. The van der Waals surface area contributed by atoms with Crippen LogP contribution in [0.3, 0.4) is 0 Å². The summed E-state index contributed by atoms with van der Waals surface area (Å²) in [4.78, 5) is 24.8. The molecule has 2 aromatic carbocycles. The molecule has 0 aliphatic rings. The lowest BCUT2D eigenvalue weighted by Crippen LogP contribution is -2.25. The van der Waals surface area contributed by atoms with E-state index in [0.29, 0.717) is 28.3 Å². The summed E-state index contributed by atoms with van der Waals surface area (Å²) in [5.41, 5.74) is 6.80. The van der Waals surface area contributed by atoms with Crippen LogP contribution in [0.1, 0.15) is 39.8 Å². The molecule has 9 heteroatoms. The number of carbonyl (C=O) groups is 2. The van der Waals surface area contributed by atoms with Gasteiger partial charge >= 0.3 is 5.97 Å². The molecular weight excluding hydrogens is 488 g/mol. The van der Waals surface area contributed by atoms with Gasteiger partial charge in [0.15, 0.2) is 11.5 Å². The lowest BCUT2D eigenvalue weighted by molar-refractivity contribution is -0.121. The predicted molar refractivity (Wildman–Crippen MR) is 129 cm³/mol. The van der Waals surface area contributed by atoms with Crippen molar-refractivity contribution < 1.29 is 19.1 Å². The van der Waals surface area contributed by atoms with Crippen molar-refractivity contribution in [2.75, 3.05) is 7.11 Å². The Morgan fingerprint density at radius 1 is 1.12 bits per heavy atom. The van der Waals surface area contributed by atoms with E-state index in [9.17, 15) is 9.59 Å². The smallest absolute Gasteiger partial charge is 0.343 e. The number of nitrogens with one attached hydrogen (secondary N) is 1. The van der Waals surface area contributed by atoms with E-state index in [0.717, 1.165) is 21.4 Å². The molecule has 172 valence electrons. The first-order chi connectivity index (χ1) is 15.7. The summed E-state index contributed by atoms with van der Waals surface area (Å²) >= 11 is 3.45. The van der Waals surface area contributed by atoms with E-state index in [1.165, 1.54) is 7.11 Å². The van der Waals surface area contributed by atoms with Crippen LogP contribution < -0.4 is 14.9 Å². The molecule has 1 aromatic heterocycles.